The van der Waals surface area contributed by atoms with E-state index in [2.05, 4.69) is 46.8 Å². The Morgan fingerprint density at radius 2 is 1.55 bits per heavy atom. The Bertz CT molecular complexity index is 1260. The lowest BCUT2D eigenvalue weighted by Gasteiger charge is -2.54. The predicted molar refractivity (Wildman–Crippen MR) is 154 cm³/mol. The SMILES string of the molecule is CC1CCC(C(=O)Nc2ccc(-c3ncc(-c4ccccc4NC4C5CC6CC(C5)CC4C6)[nH]3)cc2)CC1. The third kappa shape index (κ3) is 4.65. The molecule has 38 heavy (non-hydrogen) atoms. The monoisotopic (exact) mass is 508 g/mol. The van der Waals surface area contributed by atoms with E-state index in [9.17, 15) is 4.79 Å². The number of H-pyrrole nitrogens is 1. The van der Waals surface area contributed by atoms with Crippen molar-refractivity contribution in [2.75, 3.05) is 10.6 Å². The van der Waals surface area contributed by atoms with E-state index in [1.165, 1.54) is 43.4 Å². The summed E-state index contributed by atoms with van der Waals surface area (Å²) in [5.41, 5.74) is 5.32. The number of benzene rings is 2. The van der Waals surface area contributed by atoms with Crippen molar-refractivity contribution in [1.29, 1.82) is 0 Å². The smallest absolute Gasteiger partial charge is 0.227 e. The molecule has 0 unspecified atom stereocenters. The summed E-state index contributed by atoms with van der Waals surface area (Å²) in [6.07, 6.45) is 13.4. The molecule has 0 atom stereocenters. The van der Waals surface area contributed by atoms with Crippen LogP contribution in [0.1, 0.15) is 64.7 Å². The highest BCUT2D eigenvalue weighted by Crippen LogP contribution is 2.54. The topological polar surface area (TPSA) is 69.8 Å². The average molecular weight is 509 g/mol. The van der Waals surface area contributed by atoms with Crippen molar-refractivity contribution in [1.82, 2.24) is 9.97 Å². The van der Waals surface area contributed by atoms with E-state index < -0.39 is 0 Å². The number of anilines is 2. The molecule has 4 bridgehead atoms. The van der Waals surface area contributed by atoms with Gasteiger partial charge in [0.2, 0.25) is 5.91 Å². The molecule has 5 heteroatoms. The summed E-state index contributed by atoms with van der Waals surface area (Å²) in [4.78, 5) is 21.0. The van der Waals surface area contributed by atoms with E-state index in [4.69, 9.17) is 4.98 Å². The number of imidazole rings is 1. The highest BCUT2D eigenvalue weighted by Gasteiger charge is 2.48. The first-order valence-corrected chi connectivity index (χ1v) is 14.9. The molecule has 0 radical (unpaired) electrons. The van der Waals surface area contributed by atoms with Crippen LogP contribution in [0.5, 0.6) is 0 Å². The minimum Gasteiger partial charge on any atom is -0.381 e. The number of aromatic amines is 1. The molecule has 5 aliphatic rings. The van der Waals surface area contributed by atoms with Gasteiger partial charge in [-0.25, -0.2) is 4.98 Å². The number of hydrogen-bond acceptors (Lipinski definition) is 3. The Kier molecular flexibility index (Phi) is 6.25. The van der Waals surface area contributed by atoms with Gasteiger partial charge in [-0.1, -0.05) is 25.1 Å². The second-order valence-corrected chi connectivity index (χ2v) is 12.8. The second-order valence-electron chi connectivity index (χ2n) is 12.8. The summed E-state index contributed by atoms with van der Waals surface area (Å²) in [5.74, 6) is 5.53. The molecule has 0 saturated heterocycles. The summed E-state index contributed by atoms with van der Waals surface area (Å²) < 4.78 is 0. The van der Waals surface area contributed by atoms with Gasteiger partial charge in [-0.05, 0) is 118 Å². The molecule has 1 heterocycles. The van der Waals surface area contributed by atoms with Crippen molar-refractivity contribution in [3.8, 4) is 22.6 Å². The lowest BCUT2D eigenvalue weighted by atomic mass is 9.54. The van der Waals surface area contributed by atoms with E-state index in [-0.39, 0.29) is 11.8 Å². The Balaban J connectivity index is 1.04. The fourth-order valence-electron chi connectivity index (χ4n) is 8.27. The third-order valence-corrected chi connectivity index (χ3v) is 10.2. The van der Waals surface area contributed by atoms with Gasteiger partial charge in [-0.2, -0.15) is 0 Å². The number of carbonyl (C=O) groups excluding carboxylic acids is 1. The number of hydrogen-bond donors (Lipinski definition) is 3. The molecule has 3 aromatic rings. The largest absolute Gasteiger partial charge is 0.381 e. The number of nitrogens with zero attached hydrogens (tertiary/aromatic N) is 1. The first-order chi connectivity index (χ1) is 18.6. The van der Waals surface area contributed by atoms with E-state index >= 15 is 0 Å². The van der Waals surface area contributed by atoms with Crippen molar-refractivity contribution in [2.24, 2.45) is 35.5 Å². The average Bonchev–Trinajstić information content (AvgIpc) is 3.41. The summed E-state index contributed by atoms with van der Waals surface area (Å²) in [7, 11) is 0. The van der Waals surface area contributed by atoms with E-state index in [0.717, 1.165) is 78.0 Å². The molecule has 0 aliphatic heterocycles. The Labute approximate surface area is 226 Å². The van der Waals surface area contributed by atoms with Crippen LogP contribution < -0.4 is 10.6 Å². The molecule has 5 saturated carbocycles. The van der Waals surface area contributed by atoms with Gasteiger partial charge in [0.1, 0.15) is 5.82 Å². The highest BCUT2D eigenvalue weighted by atomic mass is 16.1. The van der Waals surface area contributed by atoms with E-state index in [1.54, 1.807) is 0 Å². The Morgan fingerprint density at radius 1 is 0.868 bits per heavy atom. The van der Waals surface area contributed by atoms with Crippen LogP contribution >= 0.6 is 0 Å². The Hall–Kier alpha value is -3.08. The lowest BCUT2D eigenvalue weighted by Crippen LogP contribution is -2.51. The van der Waals surface area contributed by atoms with Gasteiger partial charge in [0.05, 0.1) is 11.9 Å². The number of carbonyl (C=O) groups is 1. The van der Waals surface area contributed by atoms with Crippen LogP contribution in [0.4, 0.5) is 11.4 Å². The molecular formula is C33H40N4O. The molecule has 5 nitrogen and oxygen atoms in total. The third-order valence-electron chi connectivity index (χ3n) is 10.2. The van der Waals surface area contributed by atoms with Crippen LogP contribution in [-0.2, 0) is 4.79 Å². The molecule has 8 rings (SSSR count). The minimum absolute atomic E-state index is 0.144. The molecular weight excluding hydrogens is 468 g/mol. The molecule has 5 fully saturated rings. The highest BCUT2D eigenvalue weighted by molar-refractivity contribution is 5.92. The summed E-state index contributed by atoms with van der Waals surface area (Å²) >= 11 is 0. The van der Waals surface area contributed by atoms with Crippen molar-refractivity contribution in [3.05, 3.63) is 54.7 Å². The van der Waals surface area contributed by atoms with Crippen LogP contribution in [0.3, 0.4) is 0 Å². The van der Waals surface area contributed by atoms with Gasteiger partial charge >= 0.3 is 0 Å². The molecule has 5 aliphatic carbocycles. The van der Waals surface area contributed by atoms with E-state index in [0.29, 0.717) is 6.04 Å². The number of para-hydroxylation sites is 1. The lowest BCUT2D eigenvalue weighted by molar-refractivity contribution is -0.121. The van der Waals surface area contributed by atoms with Gasteiger partial charge in [0.25, 0.3) is 0 Å². The quantitative estimate of drug-likeness (QED) is 0.319. The molecule has 1 aromatic heterocycles. The number of nitrogens with one attached hydrogen (secondary N) is 3. The van der Waals surface area contributed by atoms with Crippen molar-refractivity contribution in [3.63, 3.8) is 0 Å². The second kappa shape index (κ2) is 9.91. The molecule has 0 spiro atoms. The number of amides is 1. The molecule has 1 amide bonds. The first kappa shape index (κ1) is 24.0. The van der Waals surface area contributed by atoms with Crippen LogP contribution in [0.2, 0.25) is 0 Å². The zero-order chi connectivity index (χ0) is 25.6. The van der Waals surface area contributed by atoms with Crippen LogP contribution in [0.25, 0.3) is 22.6 Å². The van der Waals surface area contributed by atoms with Crippen molar-refractivity contribution >= 4 is 17.3 Å². The fraction of sp³-hybridized carbons (Fsp3) is 0.515. The van der Waals surface area contributed by atoms with Crippen LogP contribution in [-0.4, -0.2) is 21.9 Å². The zero-order valence-electron chi connectivity index (χ0n) is 22.5. The van der Waals surface area contributed by atoms with Gasteiger partial charge in [-0.3, -0.25) is 4.79 Å². The first-order valence-electron chi connectivity index (χ1n) is 14.9. The molecule has 2 aromatic carbocycles. The summed E-state index contributed by atoms with van der Waals surface area (Å²) in [6.45, 7) is 2.28. The number of aromatic nitrogens is 2. The fourth-order valence-corrected chi connectivity index (χ4v) is 8.27. The normalized spacial score (nSPS) is 31.8. The molecule has 3 N–H and O–H groups in total. The van der Waals surface area contributed by atoms with Crippen LogP contribution in [0.15, 0.2) is 54.7 Å². The van der Waals surface area contributed by atoms with Gasteiger partial charge in [0.15, 0.2) is 0 Å². The van der Waals surface area contributed by atoms with Crippen molar-refractivity contribution < 1.29 is 4.79 Å². The van der Waals surface area contributed by atoms with E-state index in [1.807, 2.05) is 30.5 Å². The van der Waals surface area contributed by atoms with Crippen molar-refractivity contribution in [2.45, 2.75) is 70.8 Å². The summed E-state index contributed by atoms with van der Waals surface area (Å²) in [5, 5.41) is 7.13. The summed E-state index contributed by atoms with van der Waals surface area (Å²) in [6, 6.07) is 17.3. The Morgan fingerprint density at radius 3 is 2.26 bits per heavy atom. The van der Waals surface area contributed by atoms with Gasteiger partial charge in [-0.15, -0.1) is 0 Å². The van der Waals surface area contributed by atoms with Gasteiger partial charge < -0.3 is 15.6 Å². The number of rotatable bonds is 6. The maximum absolute atomic E-state index is 12.7. The van der Waals surface area contributed by atoms with Gasteiger partial charge in [0, 0.05) is 34.5 Å². The maximum Gasteiger partial charge on any atom is 0.227 e. The standard InChI is InChI=1S/C33H40N4O/c1-20-6-8-24(9-7-20)33(38)35-27-12-10-23(11-13-27)32-34-19-30(37-32)28-4-2-3-5-29(28)36-31-25-15-21-14-22(17-25)18-26(31)16-21/h2-5,10-13,19-22,24-26,31,36H,6-9,14-18H2,1H3,(H,34,37)(H,35,38). The predicted octanol–water partition coefficient (Wildman–Crippen LogP) is 7.75. The molecule has 198 valence electrons. The van der Waals surface area contributed by atoms with Crippen LogP contribution in [0, 0.1) is 35.5 Å². The minimum atomic E-state index is 0.144. The maximum atomic E-state index is 12.7. The zero-order valence-corrected chi connectivity index (χ0v) is 22.5.